The molecule has 0 spiro atoms. The molecular formula is C18H18BF2NO3. The number of benzene rings is 2. The van der Waals surface area contributed by atoms with E-state index in [0.717, 1.165) is 0 Å². The van der Waals surface area contributed by atoms with Crippen LogP contribution in [0.25, 0.3) is 11.1 Å². The molecular weight excluding hydrogens is 327 g/mol. The van der Waals surface area contributed by atoms with E-state index in [1.54, 1.807) is 39.2 Å². The van der Waals surface area contributed by atoms with Crippen LogP contribution in [0.15, 0.2) is 42.5 Å². The zero-order chi connectivity index (χ0) is 18.1. The number of rotatable bonds is 3. The highest BCUT2D eigenvalue weighted by atomic mass is 19.1. The smallest absolute Gasteiger partial charge is 0.401 e. The average Bonchev–Trinajstić information content (AvgIpc) is 2.95. The van der Waals surface area contributed by atoms with Gasteiger partial charge in [-0.2, -0.15) is 0 Å². The molecule has 0 unspecified atom stereocenters. The first-order valence-electron chi connectivity index (χ1n) is 7.94. The van der Waals surface area contributed by atoms with Gasteiger partial charge in [0.1, 0.15) is 17.7 Å². The van der Waals surface area contributed by atoms with Gasteiger partial charge in [0.05, 0.1) is 6.10 Å². The van der Waals surface area contributed by atoms with Crippen molar-refractivity contribution in [2.45, 2.75) is 19.1 Å². The topological polar surface area (TPSA) is 38.8 Å². The first-order valence-corrected chi connectivity index (χ1v) is 7.94. The lowest BCUT2D eigenvalue weighted by Gasteiger charge is -2.18. The Bertz CT molecular complexity index is 800. The summed E-state index contributed by atoms with van der Waals surface area (Å²) in [6.07, 6.45) is -1.26. The van der Waals surface area contributed by atoms with Gasteiger partial charge in [-0.25, -0.2) is 8.78 Å². The van der Waals surface area contributed by atoms with Crippen LogP contribution >= 0.6 is 0 Å². The molecule has 0 bridgehead atoms. The molecule has 0 N–H and O–H groups in total. The number of halogens is 2. The quantitative estimate of drug-likeness (QED) is 0.801. The van der Waals surface area contributed by atoms with E-state index >= 15 is 0 Å². The lowest BCUT2D eigenvalue weighted by molar-refractivity contribution is -0.136. The molecule has 2 aromatic carbocycles. The second kappa shape index (κ2) is 6.94. The largest absolute Gasteiger partial charge is 0.497 e. The van der Waals surface area contributed by atoms with Gasteiger partial charge in [0.2, 0.25) is 0 Å². The van der Waals surface area contributed by atoms with E-state index in [9.17, 15) is 13.6 Å². The van der Waals surface area contributed by atoms with Crippen LogP contribution in [0, 0.1) is 11.6 Å². The number of nitrogens with zero attached hydrogens (tertiary/aromatic N) is 1. The van der Waals surface area contributed by atoms with E-state index in [0.29, 0.717) is 11.1 Å². The molecule has 1 aliphatic rings. The third-order valence-corrected chi connectivity index (χ3v) is 4.13. The van der Waals surface area contributed by atoms with Crippen LogP contribution in [0.4, 0.5) is 8.78 Å². The van der Waals surface area contributed by atoms with Crippen LogP contribution in [-0.2, 0) is 14.1 Å². The minimum Gasteiger partial charge on any atom is -0.401 e. The molecule has 1 heterocycles. The summed E-state index contributed by atoms with van der Waals surface area (Å²) in [6, 6.07) is 10.5. The maximum absolute atomic E-state index is 14.6. The van der Waals surface area contributed by atoms with Gasteiger partial charge in [0.25, 0.3) is 5.91 Å². The second-order valence-corrected chi connectivity index (χ2v) is 6.21. The van der Waals surface area contributed by atoms with Gasteiger partial charge in [-0.1, -0.05) is 24.3 Å². The molecule has 130 valence electrons. The molecule has 1 aliphatic heterocycles. The molecule has 2 aromatic rings. The Labute approximate surface area is 145 Å². The Hall–Kier alpha value is -2.25. The first kappa shape index (κ1) is 17.6. The standard InChI is InChI=1S/C18H18BF2NO3/c1-11-17(18(23)22(2)3)25-19(24-11)15-8-7-13(10-16(15)21)12-5-4-6-14(20)9-12/h4-11,17H,1-3H3/t11-,17+/m0/s1. The lowest BCUT2D eigenvalue weighted by atomic mass is 9.78. The van der Waals surface area contributed by atoms with Crippen molar-refractivity contribution in [3.8, 4) is 11.1 Å². The third-order valence-electron chi connectivity index (χ3n) is 4.13. The number of amides is 1. The van der Waals surface area contributed by atoms with Crippen LogP contribution in [0.2, 0.25) is 0 Å². The van der Waals surface area contributed by atoms with Crippen molar-refractivity contribution in [2.24, 2.45) is 0 Å². The van der Waals surface area contributed by atoms with Crippen molar-refractivity contribution in [1.82, 2.24) is 4.90 Å². The predicted molar refractivity (Wildman–Crippen MR) is 91.3 cm³/mol. The van der Waals surface area contributed by atoms with Gasteiger partial charge >= 0.3 is 7.12 Å². The van der Waals surface area contributed by atoms with Crippen molar-refractivity contribution < 1.29 is 22.9 Å². The highest BCUT2D eigenvalue weighted by molar-refractivity contribution is 6.62. The van der Waals surface area contributed by atoms with Gasteiger partial charge in [0, 0.05) is 19.6 Å². The molecule has 1 fully saturated rings. The molecule has 4 nitrogen and oxygen atoms in total. The molecule has 25 heavy (non-hydrogen) atoms. The van der Waals surface area contributed by atoms with Gasteiger partial charge in [-0.15, -0.1) is 0 Å². The fourth-order valence-electron chi connectivity index (χ4n) is 2.77. The molecule has 1 saturated heterocycles. The minimum absolute atomic E-state index is 0.209. The minimum atomic E-state index is -0.953. The summed E-state index contributed by atoms with van der Waals surface area (Å²) in [5.41, 5.74) is 1.33. The maximum atomic E-state index is 14.6. The van der Waals surface area contributed by atoms with E-state index in [1.165, 1.54) is 29.2 Å². The normalized spacial score (nSPS) is 20.0. The van der Waals surface area contributed by atoms with E-state index < -0.39 is 25.1 Å². The van der Waals surface area contributed by atoms with Crippen molar-refractivity contribution >= 4 is 18.5 Å². The average molecular weight is 345 g/mol. The van der Waals surface area contributed by atoms with Crippen molar-refractivity contribution in [1.29, 1.82) is 0 Å². The predicted octanol–water partition coefficient (Wildman–Crippen LogP) is 2.22. The molecule has 1 amide bonds. The van der Waals surface area contributed by atoms with Crippen LogP contribution in [0.1, 0.15) is 6.92 Å². The molecule has 2 atom stereocenters. The Morgan fingerprint density at radius 3 is 2.44 bits per heavy atom. The zero-order valence-electron chi connectivity index (χ0n) is 14.2. The van der Waals surface area contributed by atoms with E-state index in [2.05, 4.69) is 0 Å². The van der Waals surface area contributed by atoms with Gasteiger partial charge in [0.15, 0.2) is 0 Å². The number of carbonyl (C=O) groups is 1. The number of carbonyl (C=O) groups excluding carboxylic acids is 1. The Balaban J connectivity index is 1.84. The summed E-state index contributed by atoms with van der Waals surface area (Å²) in [6.45, 7) is 1.71. The molecule has 7 heteroatoms. The Morgan fingerprint density at radius 2 is 1.80 bits per heavy atom. The van der Waals surface area contributed by atoms with Crippen LogP contribution in [-0.4, -0.2) is 44.2 Å². The lowest BCUT2D eigenvalue weighted by Crippen LogP contribution is -2.40. The molecule has 0 saturated carbocycles. The van der Waals surface area contributed by atoms with Crippen molar-refractivity contribution in [2.75, 3.05) is 14.1 Å². The summed E-state index contributed by atoms with van der Waals surface area (Å²) >= 11 is 0. The summed E-state index contributed by atoms with van der Waals surface area (Å²) in [7, 11) is 2.30. The summed E-state index contributed by atoms with van der Waals surface area (Å²) in [4.78, 5) is 13.5. The van der Waals surface area contributed by atoms with Gasteiger partial charge < -0.3 is 14.2 Å². The number of likely N-dealkylation sites (N-methyl/N-ethyl adjacent to an activating group) is 1. The highest BCUT2D eigenvalue weighted by Gasteiger charge is 2.43. The van der Waals surface area contributed by atoms with E-state index in [-0.39, 0.29) is 17.2 Å². The van der Waals surface area contributed by atoms with E-state index in [4.69, 9.17) is 9.31 Å². The summed E-state index contributed by atoms with van der Waals surface area (Å²) in [5, 5.41) is 0. The van der Waals surface area contributed by atoms with Crippen LogP contribution in [0.3, 0.4) is 0 Å². The Morgan fingerprint density at radius 1 is 1.08 bits per heavy atom. The molecule has 0 aliphatic carbocycles. The fourth-order valence-corrected chi connectivity index (χ4v) is 2.77. The first-order chi connectivity index (χ1) is 11.9. The fraction of sp³-hybridized carbons (Fsp3) is 0.278. The van der Waals surface area contributed by atoms with Gasteiger partial charge in [-0.05, 0) is 36.2 Å². The van der Waals surface area contributed by atoms with Crippen molar-refractivity contribution in [3.05, 3.63) is 54.1 Å². The molecule has 3 rings (SSSR count). The van der Waals surface area contributed by atoms with Gasteiger partial charge in [-0.3, -0.25) is 4.79 Å². The monoisotopic (exact) mass is 345 g/mol. The Kier molecular flexibility index (Phi) is 4.88. The molecule has 0 radical (unpaired) electrons. The number of hydrogen-bond donors (Lipinski definition) is 0. The van der Waals surface area contributed by atoms with Crippen LogP contribution < -0.4 is 5.46 Å². The maximum Gasteiger partial charge on any atom is 0.497 e. The summed E-state index contributed by atoms with van der Waals surface area (Å²) < 4.78 is 39.1. The summed E-state index contributed by atoms with van der Waals surface area (Å²) in [5.74, 6) is -1.15. The highest BCUT2D eigenvalue weighted by Crippen LogP contribution is 2.23. The molecule has 0 aromatic heterocycles. The number of hydrogen-bond acceptors (Lipinski definition) is 3. The van der Waals surface area contributed by atoms with Crippen LogP contribution in [0.5, 0.6) is 0 Å². The van der Waals surface area contributed by atoms with Crippen molar-refractivity contribution in [3.63, 3.8) is 0 Å². The SMILES string of the molecule is C[C@@H]1OB(c2ccc(-c3cccc(F)c3)cc2F)O[C@H]1C(=O)N(C)C. The third kappa shape index (κ3) is 3.57. The second-order valence-electron chi connectivity index (χ2n) is 6.21. The van der Waals surface area contributed by atoms with E-state index in [1.807, 2.05) is 0 Å². The zero-order valence-corrected chi connectivity index (χ0v) is 14.2.